The summed E-state index contributed by atoms with van der Waals surface area (Å²) in [7, 11) is 0. The SMILES string of the molecule is CCOC(=O)c1sc(NC(=O)C(C)Sc2nnc(CNC(=O)COc3ccccc3)n2-c2ccc(F)cc2)c(C(=O)OCC)c1C. The zero-order valence-corrected chi connectivity index (χ0v) is 27.1. The van der Waals surface area contributed by atoms with E-state index in [-0.39, 0.29) is 41.8 Å². The van der Waals surface area contributed by atoms with E-state index >= 15 is 0 Å². The van der Waals surface area contributed by atoms with E-state index in [1.54, 1.807) is 56.5 Å². The fourth-order valence-corrected chi connectivity index (χ4v) is 6.08. The Hall–Kier alpha value is -4.76. The Bertz CT molecular complexity index is 1690. The number of thiophene rings is 1. The van der Waals surface area contributed by atoms with Crippen molar-refractivity contribution in [3.63, 3.8) is 0 Å². The molecule has 2 aromatic heterocycles. The Morgan fingerprint density at radius 1 is 0.978 bits per heavy atom. The number of para-hydroxylation sites is 1. The van der Waals surface area contributed by atoms with E-state index in [0.29, 0.717) is 28.0 Å². The summed E-state index contributed by atoms with van der Waals surface area (Å²) >= 11 is 1.97. The standard InChI is InChI=1S/C31H32FN5O7S2/c1-5-42-29(40)25-18(3)26(30(41)43-6-2)46-28(25)34-27(39)19(4)45-31-36-35-23(37(31)21-14-12-20(32)13-15-21)16-33-24(38)17-44-22-10-8-7-9-11-22/h7-15,19H,5-6,16-17H2,1-4H3,(H,33,38)(H,34,39). The molecule has 0 aliphatic carbocycles. The molecule has 0 radical (unpaired) electrons. The number of nitrogens with one attached hydrogen (secondary N) is 2. The summed E-state index contributed by atoms with van der Waals surface area (Å²) in [4.78, 5) is 51.3. The van der Waals surface area contributed by atoms with E-state index < -0.39 is 34.8 Å². The van der Waals surface area contributed by atoms with Crippen molar-refractivity contribution in [2.75, 3.05) is 25.1 Å². The minimum absolute atomic E-state index is 0.0312. The molecule has 0 bridgehead atoms. The lowest BCUT2D eigenvalue weighted by Crippen LogP contribution is -2.29. The van der Waals surface area contributed by atoms with Crippen molar-refractivity contribution in [1.29, 1.82) is 0 Å². The van der Waals surface area contributed by atoms with Gasteiger partial charge in [-0.3, -0.25) is 14.2 Å². The molecule has 0 fully saturated rings. The lowest BCUT2D eigenvalue weighted by atomic mass is 10.1. The molecule has 1 atom stereocenters. The van der Waals surface area contributed by atoms with Gasteiger partial charge in [0.15, 0.2) is 17.6 Å². The summed E-state index contributed by atoms with van der Waals surface area (Å²) in [5, 5.41) is 13.6. The first-order valence-corrected chi connectivity index (χ1v) is 15.9. The summed E-state index contributed by atoms with van der Waals surface area (Å²) in [6.07, 6.45) is 0. The van der Waals surface area contributed by atoms with Crippen molar-refractivity contribution < 1.29 is 37.8 Å². The van der Waals surface area contributed by atoms with Crippen LogP contribution in [0.25, 0.3) is 5.69 Å². The van der Waals surface area contributed by atoms with E-state index in [1.807, 2.05) is 6.07 Å². The first-order valence-electron chi connectivity index (χ1n) is 14.2. The lowest BCUT2D eigenvalue weighted by molar-refractivity contribution is -0.123. The lowest BCUT2D eigenvalue weighted by Gasteiger charge is -2.14. The monoisotopic (exact) mass is 669 g/mol. The predicted molar refractivity (Wildman–Crippen MR) is 170 cm³/mol. The van der Waals surface area contributed by atoms with Crippen LogP contribution in [0.4, 0.5) is 9.39 Å². The smallest absolute Gasteiger partial charge is 0.348 e. The number of carbonyl (C=O) groups excluding carboxylic acids is 4. The largest absolute Gasteiger partial charge is 0.484 e. The molecule has 15 heteroatoms. The Balaban J connectivity index is 1.53. The first-order chi connectivity index (χ1) is 22.1. The number of aromatic nitrogens is 3. The molecule has 0 aliphatic heterocycles. The third-order valence-electron chi connectivity index (χ3n) is 6.32. The molecule has 2 N–H and O–H groups in total. The van der Waals surface area contributed by atoms with Crippen molar-refractivity contribution in [3.8, 4) is 11.4 Å². The average Bonchev–Trinajstić information content (AvgIpc) is 3.59. The molecule has 4 aromatic rings. The highest BCUT2D eigenvalue weighted by atomic mass is 32.2. The van der Waals surface area contributed by atoms with Gasteiger partial charge in [-0.15, -0.1) is 21.5 Å². The van der Waals surface area contributed by atoms with Crippen LogP contribution in [0.2, 0.25) is 0 Å². The van der Waals surface area contributed by atoms with Crippen LogP contribution in [0.5, 0.6) is 5.75 Å². The molecule has 12 nitrogen and oxygen atoms in total. The minimum atomic E-state index is -0.784. The molecule has 0 spiro atoms. The van der Waals surface area contributed by atoms with Crippen molar-refractivity contribution in [1.82, 2.24) is 20.1 Å². The van der Waals surface area contributed by atoms with Gasteiger partial charge in [-0.25, -0.2) is 14.0 Å². The van der Waals surface area contributed by atoms with Gasteiger partial charge in [-0.05, 0) is 69.7 Å². The topological polar surface area (TPSA) is 151 Å². The number of nitrogens with zero attached hydrogens (tertiary/aromatic N) is 3. The molecule has 2 heterocycles. The maximum atomic E-state index is 13.8. The number of rotatable bonds is 14. The highest BCUT2D eigenvalue weighted by molar-refractivity contribution is 8.00. The fourth-order valence-electron chi connectivity index (χ4n) is 4.10. The molecule has 242 valence electrons. The van der Waals surface area contributed by atoms with E-state index in [2.05, 4.69) is 20.8 Å². The van der Waals surface area contributed by atoms with Crippen molar-refractivity contribution in [3.05, 3.63) is 82.2 Å². The highest BCUT2D eigenvalue weighted by Crippen LogP contribution is 2.35. The van der Waals surface area contributed by atoms with E-state index in [0.717, 1.165) is 23.1 Å². The Morgan fingerprint density at radius 3 is 2.33 bits per heavy atom. The Labute approximate surface area is 272 Å². The fraction of sp³-hybridized carbons (Fsp3) is 0.290. The van der Waals surface area contributed by atoms with E-state index in [9.17, 15) is 23.6 Å². The number of anilines is 1. The van der Waals surface area contributed by atoms with Gasteiger partial charge in [0.05, 0.1) is 30.6 Å². The van der Waals surface area contributed by atoms with Gasteiger partial charge in [0.2, 0.25) is 5.91 Å². The van der Waals surface area contributed by atoms with Crippen molar-refractivity contribution in [2.45, 2.75) is 44.6 Å². The minimum Gasteiger partial charge on any atom is -0.484 e. The van der Waals surface area contributed by atoms with Gasteiger partial charge in [0, 0.05) is 5.69 Å². The van der Waals surface area contributed by atoms with Crippen LogP contribution < -0.4 is 15.4 Å². The number of benzene rings is 2. The number of amides is 2. The molecule has 4 rings (SSSR count). The average molecular weight is 670 g/mol. The molecule has 0 saturated carbocycles. The van der Waals surface area contributed by atoms with E-state index in [4.69, 9.17) is 14.2 Å². The predicted octanol–water partition coefficient (Wildman–Crippen LogP) is 4.94. The number of thioether (sulfide) groups is 1. The van der Waals surface area contributed by atoms with Gasteiger partial charge in [0.25, 0.3) is 5.91 Å². The normalized spacial score (nSPS) is 11.4. The van der Waals surface area contributed by atoms with Crippen LogP contribution >= 0.6 is 23.1 Å². The van der Waals surface area contributed by atoms with Crippen LogP contribution in [-0.4, -0.2) is 63.6 Å². The van der Waals surface area contributed by atoms with Crippen LogP contribution in [0.1, 0.15) is 52.2 Å². The van der Waals surface area contributed by atoms with Crippen LogP contribution in [0.15, 0.2) is 59.8 Å². The van der Waals surface area contributed by atoms with Crippen LogP contribution in [0, 0.1) is 12.7 Å². The molecular weight excluding hydrogens is 638 g/mol. The summed E-state index contributed by atoms with van der Waals surface area (Å²) in [6, 6.07) is 14.5. The summed E-state index contributed by atoms with van der Waals surface area (Å²) in [5.41, 5.74) is 0.919. The molecule has 2 aromatic carbocycles. The summed E-state index contributed by atoms with van der Waals surface area (Å²) in [5.74, 6) is -1.76. The zero-order chi connectivity index (χ0) is 33.2. The number of carbonyl (C=O) groups is 4. The van der Waals surface area contributed by atoms with Crippen molar-refractivity contribution in [2.24, 2.45) is 0 Å². The molecule has 1 unspecified atom stereocenters. The number of hydrogen-bond acceptors (Lipinski definition) is 11. The molecule has 2 amide bonds. The molecule has 46 heavy (non-hydrogen) atoms. The number of esters is 2. The van der Waals surface area contributed by atoms with Gasteiger partial charge >= 0.3 is 11.9 Å². The molecule has 0 aliphatic rings. The maximum absolute atomic E-state index is 13.8. The van der Waals surface area contributed by atoms with Gasteiger partial charge in [-0.1, -0.05) is 30.0 Å². The second-order valence-electron chi connectivity index (χ2n) is 9.54. The quantitative estimate of drug-likeness (QED) is 0.140. The van der Waals surface area contributed by atoms with Gasteiger partial charge in [0.1, 0.15) is 21.4 Å². The highest BCUT2D eigenvalue weighted by Gasteiger charge is 2.29. The number of hydrogen-bond donors (Lipinski definition) is 2. The first kappa shape index (κ1) is 34.1. The molecular formula is C31H32FN5O7S2. The second kappa shape index (κ2) is 16.0. The summed E-state index contributed by atoms with van der Waals surface area (Å²) < 4.78 is 31.1. The maximum Gasteiger partial charge on any atom is 0.348 e. The number of ether oxygens (including phenoxy) is 3. The van der Waals surface area contributed by atoms with Crippen LogP contribution in [-0.2, 0) is 25.6 Å². The second-order valence-corrected chi connectivity index (χ2v) is 11.9. The van der Waals surface area contributed by atoms with Gasteiger partial charge < -0.3 is 24.8 Å². The third-order valence-corrected chi connectivity index (χ3v) is 8.55. The van der Waals surface area contributed by atoms with Crippen molar-refractivity contribution >= 4 is 51.9 Å². The van der Waals surface area contributed by atoms with Crippen LogP contribution in [0.3, 0.4) is 0 Å². The zero-order valence-electron chi connectivity index (χ0n) is 25.5. The third kappa shape index (κ3) is 8.48. The number of halogens is 1. The molecule has 0 saturated heterocycles. The van der Waals surface area contributed by atoms with E-state index in [1.165, 1.54) is 24.3 Å². The summed E-state index contributed by atoms with van der Waals surface area (Å²) in [6.45, 7) is 6.52. The van der Waals surface area contributed by atoms with Gasteiger partial charge in [-0.2, -0.15) is 0 Å². The Kier molecular flexibility index (Phi) is 11.9. The Morgan fingerprint density at radius 2 is 1.65 bits per heavy atom.